The van der Waals surface area contributed by atoms with Crippen LogP contribution in [0.5, 0.6) is 0 Å². The number of hydrogen-bond donors (Lipinski definition) is 0. The van der Waals surface area contributed by atoms with Crippen molar-refractivity contribution in [1.82, 2.24) is 4.98 Å². The molecule has 0 aliphatic heterocycles. The van der Waals surface area contributed by atoms with Crippen molar-refractivity contribution >= 4 is 5.97 Å². The van der Waals surface area contributed by atoms with Gasteiger partial charge in [0.25, 0.3) is 6.43 Å². The van der Waals surface area contributed by atoms with Gasteiger partial charge in [-0.2, -0.15) is 4.39 Å². The van der Waals surface area contributed by atoms with E-state index >= 15 is 0 Å². The van der Waals surface area contributed by atoms with Gasteiger partial charge in [0.15, 0.2) is 0 Å². The Morgan fingerprint density at radius 1 is 1.53 bits per heavy atom. The van der Waals surface area contributed by atoms with E-state index < -0.39 is 24.0 Å². The Labute approximate surface area is 96.6 Å². The highest BCUT2D eigenvalue weighted by Gasteiger charge is 2.18. The monoisotopic (exact) mass is 247 g/mol. The molecule has 0 atom stereocenters. The molecule has 1 rings (SSSR count). The molecule has 0 aromatic carbocycles. The molecule has 0 saturated carbocycles. The van der Waals surface area contributed by atoms with Crippen LogP contribution in [0.4, 0.5) is 13.2 Å². The summed E-state index contributed by atoms with van der Waals surface area (Å²) in [6, 6.07) is 1.20. The van der Waals surface area contributed by atoms with Crippen LogP contribution in [0.3, 0.4) is 0 Å². The Morgan fingerprint density at radius 3 is 2.71 bits per heavy atom. The predicted octanol–water partition coefficient (Wildman–Crippen LogP) is 2.57. The zero-order valence-electron chi connectivity index (χ0n) is 9.47. The van der Waals surface area contributed by atoms with E-state index in [4.69, 9.17) is 0 Å². The Kier molecular flexibility index (Phi) is 4.48. The van der Waals surface area contributed by atoms with Gasteiger partial charge in [-0.3, -0.25) is 4.79 Å². The molecular formula is C11H12F3NO2. The molecule has 0 radical (unpaired) electrons. The Balaban J connectivity index is 2.95. The highest BCUT2D eigenvalue weighted by Crippen LogP contribution is 2.22. The summed E-state index contributed by atoms with van der Waals surface area (Å²) < 4.78 is 42.8. The molecule has 0 bridgehead atoms. The quantitative estimate of drug-likeness (QED) is 0.606. The molecule has 17 heavy (non-hydrogen) atoms. The van der Waals surface area contributed by atoms with Gasteiger partial charge in [0.2, 0.25) is 5.95 Å². The molecule has 1 aromatic rings. The number of pyridine rings is 1. The number of carbonyl (C=O) groups is 1. The van der Waals surface area contributed by atoms with Gasteiger partial charge in [0, 0.05) is 5.56 Å². The molecule has 6 heteroatoms. The smallest absolute Gasteiger partial charge is 0.310 e. The summed E-state index contributed by atoms with van der Waals surface area (Å²) in [5.74, 6) is -1.67. The minimum atomic E-state index is -2.83. The lowest BCUT2D eigenvalue weighted by Crippen LogP contribution is -2.11. The first-order chi connectivity index (χ1) is 7.95. The average Bonchev–Trinajstić information content (AvgIpc) is 2.22. The molecule has 0 amide bonds. The fourth-order valence-electron chi connectivity index (χ4n) is 1.37. The zero-order valence-corrected chi connectivity index (χ0v) is 9.47. The van der Waals surface area contributed by atoms with Crippen molar-refractivity contribution in [3.8, 4) is 0 Å². The van der Waals surface area contributed by atoms with Crippen molar-refractivity contribution in [2.24, 2.45) is 0 Å². The maximum absolute atomic E-state index is 13.3. The molecule has 0 aliphatic rings. The van der Waals surface area contributed by atoms with Crippen LogP contribution in [0.2, 0.25) is 0 Å². The van der Waals surface area contributed by atoms with Crippen LogP contribution in [-0.2, 0) is 16.0 Å². The van der Waals surface area contributed by atoms with Gasteiger partial charge < -0.3 is 4.74 Å². The number of rotatable bonds is 4. The molecule has 0 spiro atoms. The lowest BCUT2D eigenvalue weighted by Gasteiger charge is -2.08. The largest absolute Gasteiger partial charge is 0.466 e. The van der Waals surface area contributed by atoms with E-state index in [1.54, 1.807) is 6.92 Å². The maximum atomic E-state index is 13.3. The average molecular weight is 247 g/mol. The van der Waals surface area contributed by atoms with Crippen LogP contribution < -0.4 is 0 Å². The third kappa shape index (κ3) is 3.44. The van der Waals surface area contributed by atoms with Gasteiger partial charge in [-0.05, 0) is 25.5 Å². The zero-order chi connectivity index (χ0) is 13.0. The lowest BCUT2D eigenvalue weighted by atomic mass is 10.1. The van der Waals surface area contributed by atoms with Gasteiger partial charge >= 0.3 is 5.97 Å². The highest BCUT2D eigenvalue weighted by atomic mass is 19.3. The molecule has 1 aromatic heterocycles. The first-order valence-electron chi connectivity index (χ1n) is 5.05. The van der Waals surface area contributed by atoms with Crippen LogP contribution in [-0.4, -0.2) is 17.6 Å². The van der Waals surface area contributed by atoms with Gasteiger partial charge in [0.1, 0.15) is 5.69 Å². The Bertz CT molecular complexity index is 421. The number of ether oxygens (including phenoxy) is 1. The summed E-state index contributed by atoms with van der Waals surface area (Å²) in [5.41, 5.74) is -0.485. The third-order valence-corrected chi connectivity index (χ3v) is 2.13. The van der Waals surface area contributed by atoms with Gasteiger partial charge in [-0.25, -0.2) is 13.8 Å². The summed E-state index contributed by atoms with van der Waals surface area (Å²) in [6.45, 7) is 3.20. The van der Waals surface area contributed by atoms with Crippen molar-refractivity contribution in [3.05, 3.63) is 28.8 Å². The number of alkyl halides is 2. The summed E-state index contributed by atoms with van der Waals surface area (Å²) in [6.07, 6.45) is -3.14. The van der Waals surface area contributed by atoms with Gasteiger partial charge in [0.05, 0.1) is 13.0 Å². The molecule has 94 valence electrons. The van der Waals surface area contributed by atoms with Crippen molar-refractivity contribution < 1.29 is 22.7 Å². The molecular weight excluding hydrogens is 235 g/mol. The minimum absolute atomic E-state index is 0.0367. The Morgan fingerprint density at radius 2 is 2.18 bits per heavy atom. The van der Waals surface area contributed by atoms with E-state index in [1.165, 1.54) is 13.0 Å². The SMILES string of the molecule is CCOC(=O)Cc1cc(C)c(C(F)F)nc1F. The number of esters is 1. The van der Waals surface area contributed by atoms with E-state index in [0.717, 1.165) is 0 Å². The van der Waals surface area contributed by atoms with Crippen LogP contribution >= 0.6 is 0 Å². The van der Waals surface area contributed by atoms with Crippen LogP contribution in [0.1, 0.15) is 30.2 Å². The summed E-state index contributed by atoms with van der Waals surface area (Å²) in [5, 5.41) is 0. The lowest BCUT2D eigenvalue weighted by molar-refractivity contribution is -0.142. The number of nitrogens with zero attached hydrogens (tertiary/aromatic N) is 1. The number of halogens is 3. The molecule has 3 nitrogen and oxygen atoms in total. The number of aryl methyl sites for hydroxylation is 1. The van der Waals surface area contributed by atoms with Gasteiger partial charge in [-0.1, -0.05) is 0 Å². The number of aromatic nitrogens is 1. The molecule has 1 heterocycles. The minimum Gasteiger partial charge on any atom is -0.466 e. The van der Waals surface area contributed by atoms with Gasteiger partial charge in [-0.15, -0.1) is 0 Å². The second kappa shape index (κ2) is 5.65. The first-order valence-corrected chi connectivity index (χ1v) is 5.05. The number of carbonyl (C=O) groups excluding carboxylic acids is 1. The topological polar surface area (TPSA) is 39.2 Å². The second-order valence-electron chi connectivity index (χ2n) is 3.42. The summed E-state index contributed by atoms with van der Waals surface area (Å²) in [7, 11) is 0. The van der Waals surface area contributed by atoms with Crippen molar-refractivity contribution in [1.29, 1.82) is 0 Å². The molecule has 0 saturated heterocycles. The predicted molar refractivity (Wildman–Crippen MR) is 54.2 cm³/mol. The van der Waals surface area contributed by atoms with Crippen molar-refractivity contribution in [2.75, 3.05) is 6.61 Å². The molecule has 0 aliphatic carbocycles. The summed E-state index contributed by atoms with van der Waals surface area (Å²) >= 11 is 0. The van der Waals surface area contributed by atoms with E-state index in [-0.39, 0.29) is 24.2 Å². The van der Waals surface area contributed by atoms with E-state index in [0.29, 0.717) is 0 Å². The summed E-state index contributed by atoms with van der Waals surface area (Å²) in [4.78, 5) is 14.3. The molecule has 0 fully saturated rings. The standard InChI is InChI=1S/C11H12F3NO2/c1-3-17-8(16)5-7-4-6(2)9(10(12)13)15-11(7)14/h4,10H,3,5H2,1-2H3. The second-order valence-corrected chi connectivity index (χ2v) is 3.42. The van der Waals surface area contributed by atoms with E-state index in [9.17, 15) is 18.0 Å². The van der Waals surface area contributed by atoms with Crippen molar-refractivity contribution in [3.63, 3.8) is 0 Å². The Hall–Kier alpha value is -1.59. The van der Waals surface area contributed by atoms with Crippen LogP contribution in [0.25, 0.3) is 0 Å². The molecule has 0 N–H and O–H groups in total. The van der Waals surface area contributed by atoms with E-state index in [2.05, 4.69) is 9.72 Å². The first kappa shape index (κ1) is 13.5. The fourth-order valence-corrected chi connectivity index (χ4v) is 1.37. The van der Waals surface area contributed by atoms with Crippen molar-refractivity contribution in [2.45, 2.75) is 26.7 Å². The van der Waals surface area contributed by atoms with Crippen LogP contribution in [0, 0.1) is 12.9 Å². The maximum Gasteiger partial charge on any atom is 0.310 e. The third-order valence-electron chi connectivity index (χ3n) is 2.13. The van der Waals surface area contributed by atoms with E-state index in [1.807, 2.05) is 0 Å². The normalized spacial score (nSPS) is 10.7. The highest BCUT2D eigenvalue weighted by molar-refractivity contribution is 5.72. The fraction of sp³-hybridized carbons (Fsp3) is 0.455. The van der Waals surface area contributed by atoms with Crippen LogP contribution in [0.15, 0.2) is 6.07 Å². The number of hydrogen-bond acceptors (Lipinski definition) is 3. The molecule has 0 unspecified atom stereocenters.